The Labute approximate surface area is 91.3 Å². The molecule has 0 radical (unpaired) electrons. The lowest BCUT2D eigenvalue weighted by molar-refractivity contribution is 1.09. The van der Waals surface area contributed by atoms with E-state index in [1.165, 1.54) is 11.2 Å². The van der Waals surface area contributed by atoms with Crippen molar-refractivity contribution in [2.45, 2.75) is 6.54 Å². The van der Waals surface area contributed by atoms with Crippen molar-refractivity contribution in [3.8, 4) is 0 Å². The Balaban J connectivity index is 1.98. The molecule has 6 heteroatoms. The summed E-state index contributed by atoms with van der Waals surface area (Å²) in [5, 5.41) is 5.23. The number of aromatic nitrogens is 2. The number of hydrogen-bond acceptors (Lipinski definition) is 6. The summed E-state index contributed by atoms with van der Waals surface area (Å²) in [5.41, 5.74) is 2.47. The maximum absolute atomic E-state index is 5.24. The molecule has 0 fully saturated rings. The number of nitrogens with zero attached hydrogens (tertiary/aromatic N) is 2. The van der Waals surface area contributed by atoms with Crippen LogP contribution >= 0.6 is 11.3 Å². The molecule has 0 aliphatic rings. The Morgan fingerprint density at radius 3 is 2.93 bits per heavy atom. The van der Waals surface area contributed by atoms with Crippen LogP contribution in [0.15, 0.2) is 29.9 Å². The van der Waals surface area contributed by atoms with Crippen LogP contribution in [0.2, 0.25) is 0 Å². The van der Waals surface area contributed by atoms with Crippen LogP contribution in [0.3, 0.4) is 0 Å². The molecule has 5 nitrogen and oxygen atoms in total. The Morgan fingerprint density at radius 2 is 2.20 bits per heavy atom. The van der Waals surface area contributed by atoms with Gasteiger partial charge in [0.1, 0.15) is 18.0 Å². The second-order valence-electron chi connectivity index (χ2n) is 2.87. The van der Waals surface area contributed by atoms with E-state index in [9.17, 15) is 0 Å². The van der Waals surface area contributed by atoms with Crippen LogP contribution in [0.1, 0.15) is 4.88 Å². The summed E-state index contributed by atoms with van der Waals surface area (Å²) in [4.78, 5) is 9.25. The maximum Gasteiger partial charge on any atom is 0.145 e. The van der Waals surface area contributed by atoms with E-state index in [2.05, 4.69) is 26.8 Å². The van der Waals surface area contributed by atoms with E-state index in [1.807, 2.05) is 11.4 Å². The highest BCUT2D eigenvalue weighted by Gasteiger charge is 1.97. The molecule has 0 aliphatic carbocycles. The molecule has 0 aliphatic heterocycles. The predicted octanol–water partition coefficient (Wildman–Crippen LogP) is 1.44. The fraction of sp³-hybridized carbons (Fsp3) is 0.111. The van der Waals surface area contributed by atoms with Gasteiger partial charge in [-0.05, 0) is 11.4 Å². The number of rotatable bonds is 4. The van der Waals surface area contributed by atoms with Crippen molar-refractivity contribution in [3.63, 3.8) is 0 Å². The van der Waals surface area contributed by atoms with Gasteiger partial charge in [0, 0.05) is 10.9 Å². The van der Waals surface area contributed by atoms with E-state index in [-0.39, 0.29) is 0 Å². The lowest BCUT2D eigenvalue weighted by Crippen LogP contribution is -2.09. The van der Waals surface area contributed by atoms with Gasteiger partial charge in [0.05, 0.1) is 6.54 Å². The first-order valence-electron chi connectivity index (χ1n) is 4.43. The molecule has 0 spiro atoms. The van der Waals surface area contributed by atoms with Gasteiger partial charge in [0.2, 0.25) is 0 Å². The van der Waals surface area contributed by atoms with Gasteiger partial charge >= 0.3 is 0 Å². The molecule has 2 heterocycles. The first-order valence-corrected chi connectivity index (χ1v) is 5.31. The van der Waals surface area contributed by atoms with Crippen molar-refractivity contribution in [1.82, 2.24) is 9.97 Å². The van der Waals surface area contributed by atoms with Crippen LogP contribution in [-0.4, -0.2) is 9.97 Å². The molecule has 0 saturated carbocycles. The van der Waals surface area contributed by atoms with Crippen molar-refractivity contribution in [2.75, 3.05) is 10.7 Å². The van der Waals surface area contributed by atoms with Gasteiger partial charge in [-0.1, -0.05) is 6.07 Å². The molecule has 0 amide bonds. The van der Waals surface area contributed by atoms with E-state index in [4.69, 9.17) is 5.84 Å². The standard InChI is InChI=1S/C9H11N5S/c10-14-9-4-8(12-6-13-9)11-5-7-2-1-3-15-7/h1-4,6H,5,10H2,(H2,11,12,13,14). The monoisotopic (exact) mass is 221 g/mol. The van der Waals surface area contributed by atoms with Gasteiger partial charge in [-0.2, -0.15) is 0 Å². The fourth-order valence-corrected chi connectivity index (χ4v) is 1.77. The zero-order chi connectivity index (χ0) is 10.5. The third-order valence-electron chi connectivity index (χ3n) is 1.84. The van der Waals surface area contributed by atoms with Crippen molar-refractivity contribution in [3.05, 3.63) is 34.8 Å². The lowest BCUT2D eigenvalue weighted by Gasteiger charge is -2.04. The van der Waals surface area contributed by atoms with Crippen LogP contribution in [0.25, 0.3) is 0 Å². The van der Waals surface area contributed by atoms with Crippen LogP contribution < -0.4 is 16.6 Å². The normalized spacial score (nSPS) is 9.93. The molecule has 0 aromatic carbocycles. The van der Waals surface area contributed by atoms with E-state index < -0.39 is 0 Å². The SMILES string of the molecule is NNc1cc(NCc2cccs2)ncn1. The molecule has 15 heavy (non-hydrogen) atoms. The highest BCUT2D eigenvalue weighted by molar-refractivity contribution is 7.09. The summed E-state index contributed by atoms with van der Waals surface area (Å²) >= 11 is 1.71. The van der Waals surface area contributed by atoms with Crippen molar-refractivity contribution in [2.24, 2.45) is 5.84 Å². The van der Waals surface area contributed by atoms with Crippen molar-refractivity contribution < 1.29 is 0 Å². The lowest BCUT2D eigenvalue weighted by atomic mass is 10.4. The Kier molecular flexibility index (Phi) is 3.11. The van der Waals surface area contributed by atoms with Gasteiger partial charge in [-0.3, -0.25) is 0 Å². The average molecular weight is 221 g/mol. The van der Waals surface area contributed by atoms with Crippen LogP contribution in [-0.2, 0) is 6.54 Å². The molecule has 0 unspecified atom stereocenters. The minimum Gasteiger partial charge on any atom is -0.365 e. The number of thiophene rings is 1. The van der Waals surface area contributed by atoms with Gasteiger partial charge in [-0.25, -0.2) is 15.8 Å². The molecule has 78 valence electrons. The smallest absolute Gasteiger partial charge is 0.145 e. The second-order valence-corrected chi connectivity index (χ2v) is 3.90. The number of nitrogen functional groups attached to an aromatic ring is 1. The first kappa shape index (κ1) is 9.88. The number of nitrogens with one attached hydrogen (secondary N) is 2. The molecule has 2 rings (SSSR count). The number of nitrogens with two attached hydrogens (primary N) is 1. The third kappa shape index (κ3) is 2.64. The highest BCUT2D eigenvalue weighted by atomic mass is 32.1. The van der Waals surface area contributed by atoms with E-state index in [0.717, 1.165) is 12.4 Å². The average Bonchev–Trinajstić information content (AvgIpc) is 2.79. The molecule has 4 N–H and O–H groups in total. The predicted molar refractivity (Wildman–Crippen MR) is 61.5 cm³/mol. The number of hydrazine groups is 1. The molecule has 0 saturated heterocycles. The zero-order valence-electron chi connectivity index (χ0n) is 7.97. The van der Waals surface area contributed by atoms with E-state index >= 15 is 0 Å². The van der Waals surface area contributed by atoms with Crippen molar-refractivity contribution in [1.29, 1.82) is 0 Å². The number of anilines is 2. The van der Waals surface area contributed by atoms with Crippen LogP contribution in [0.4, 0.5) is 11.6 Å². The van der Waals surface area contributed by atoms with E-state index in [1.54, 1.807) is 17.4 Å². The number of hydrogen-bond donors (Lipinski definition) is 3. The van der Waals surface area contributed by atoms with Crippen LogP contribution in [0, 0.1) is 0 Å². The molecule has 2 aromatic rings. The second kappa shape index (κ2) is 4.72. The summed E-state index contributed by atoms with van der Waals surface area (Å²) in [6, 6.07) is 5.85. The molecular formula is C9H11N5S. The first-order chi connectivity index (χ1) is 7.38. The van der Waals surface area contributed by atoms with Crippen LogP contribution in [0.5, 0.6) is 0 Å². The largest absolute Gasteiger partial charge is 0.365 e. The molecular weight excluding hydrogens is 210 g/mol. The zero-order valence-corrected chi connectivity index (χ0v) is 8.79. The summed E-state index contributed by atoms with van der Waals surface area (Å²) in [6.45, 7) is 0.763. The Hall–Kier alpha value is -1.66. The topological polar surface area (TPSA) is 75.9 Å². The Bertz CT molecular complexity index is 414. The summed E-state index contributed by atoms with van der Waals surface area (Å²) < 4.78 is 0. The maximum atomic E-state index is 5.24. The van der Waals surface area contributed by atoms with E-state index in [0.29, 0.717) is 5.82 Å². The minimum absolute atomic E-state index is 0.596. The van der Waals surface area contributed by atoms with Crippen molar-refractivity contribution >= 4 is 23.0 Å². The molecule has 0 atom stereocenters. The van der Waals surface area contributed by atoms with Gasteiger partial charge in [-0.15, -0.1) is 11.3 Å². The van der Waals surface area contributed by atoms with Gasteiger partial charge < -0.3 is 10.7 Å². The highest BCUT2D eigenvalue weighted by Crippen LogP contribution is 2.12. The molecule has 2 aromatic heterocycles. The third-order valence-corrected chi connectivity index (χ3v) is 2.72. The molecule has 0 bridgehead atoms. The summed E-state index contributed by atoms with van der Waals surface area (Å²) in [6.07, 6.45) is 1.46. The summed E-state index contributed by atoms with van der Waals surface area (Å²) in [5.74, 6) is 6.60. The fourth-order valence-electron chi connectivity index (χ4n) is 1.12. The summed E-state index contributed by atoms with van der Waals surface area (Å²) in [7, 11) is 0. The minimum atomic E-state index is 0.596. The quantitative estimate of drug-likeness (QED) is 0.538. The Morgan fingerprint density at radius 1 is 1.33 bits per heavy atom. The van der Waals surface area contributed by atoms with Gasteiger partial charge in [0.15, 0.2) is 0 Å². The van der Waals surface area contributed by atoms with Gasteiger partial charge in [0.25, 0.3) is 0 Å².